The van der Waals surface area contributed by atoms with Gasteiger partial charge in [0.15, 0.2) is 22.9 Å². The Morgan fingerprint density at radius 2 is 1.94 bits per heavy atom. The molecular weight excluding hydrogens is 475 g/mol. The zero-order valence-corrected chi connectivity index (χ0v) is 19.1. The highest BCUT2D eigenvalue weighted by Gasteiger charge is 2.45. The summed E-state index contributed by atoms with van der Waals surface area (Å²) in [4.78, 5) is 32.0. The van der Waals surface area contributed by atoms with Crippen molar-refractivity contribution < 1.29 is 28.2 Å². The molecular formula is C26H18ClFN2O5. The quantitative estimate of drug-likeness (QED) is 0.362. The molecule has 7 nitrogen and oxygen atoms in total. The van der Waals surface area contributed by atoms with Crippen LogP contribution in [0.4, 0.5) is 4.39 Å². The summed E-state index contributed by atoms with van der Waals surface area (Å²) in [7, 11) is 1.43. The van der Waals surface area contributed by atoms with Crippen LogP contribution < -0.4 is 4.74 Å². The maximum Gasteiger partial charge on any atom is 0.290 e. The van der Waals surface area contributed by atoms with Gasteiger partial charge in [-0.1, -0.05) is 29.8 Å². The minimum absolute atomic E-state index is 0.0186. The lowest BCUT2D eigenvalue weighted by Gasteiger charge is -2.27. The van der Waals surface area contributed by atoms with Gasteiger partial charge in [0.05, 0.1) is 18.7 Å². The number of halogens is 2. The summed E-state index contributed by atoms with van der Waals surface area (Å²) in [6, 6.07) is 12.6. The van der Waals surface area contributed by atoms with E-state index in [1.165, 1.54) is 42.3 Å². The number of ketones is 1. The van der Waals surface area contributed by atoms with Gasteiger partial charge in [-0.2, -0.15) is 0 Å². The molecule has 5 rings (SSSR count). The number of nitrogens with zero attached hydrogens (tertiary/aromatic N) is 2. The van der Waals surface area contributed by atoms with Crippen molar-refractivity contribution in [3.05, 3.63) is 106 Å². The van der Waals surface area contributed by atoms with E-state index in [0.29, 0.717) is 21.7 Å². The van der Waals surface area contributed by atoms with Crippen LogP contribution in [0.5, 0.6) is 5.75 Å². The smallest absolute Gasteiger partial charge is 0.290 e. The van der Waals surface area contributed by atoms with Gasteiger partial charge < -0.3 is 19.2 Å². The summed E-state index contributed by atoms with van der Waals surface area (Å²) in [5, 5.41) is 11.7. The Kier molecular flexibility index (Phi) is 5.74. The number of rotatable bonds is 6. The standard InChI is InChI=1S/C26H18ClFN2O5/c1-34-20-12-16(27)10-15-11-19(35-25(15)20)23(31)21-22(17-4-2-3-5-18(17)28)30(26(33)24(21)32)13-14-6-8-29-9-7-14/h2-12,22,32H,13H2,1H3. The number of furan rings is 1. The number of carbonyl (C=O) groups is 2. The lowest BCUT2D eigenvalue weighted by Crippen LogP contribution is -2.31. The largest absolute Gasteiger partial charge is 0.503 e. The molecule has 3 heterocycles. The topological polar surface area (TPSA) is 92.9 Å². The summed E-state index contributed by atoms with van der Waals surface area (Å²) >= 11 is 6.12. The van der Waals surface area contributed by atoms with Gasteiger partial charge in [-0.15, -0.1) is 0 Å². The lowest BCUT2D eigenvalue weighted by molar-refractivity contribution is -0.130. The molecule has 176 valence electrons. The van der Waals surface area contributed by atoms with Crippen LogP contribution in [0.1, 0.15) is 27.7 Å². The number of hydrogen-bond acceptors (Lipinski definition) is 6. The zero-order valence-electron chi connectivity index (χ0n) is 18.4. The minimum atomic E-state index is -1.18. The van der Waals surface area contributed by atoms with Crippen LogP contribution in [0.2, 0.25) is 5.02 Å². The van der Waals surface area contributed by atoms with Crippen molar-refractivity contribution in [2.45, 2.75) is 12.6 Å². The molecule has 2 aromatic carbocycles. The maximum absolute atomic E-state index is 14.9. The summed E-state index contributed by atoms with van der Waals surface area (Å²) in [6.45, 7) is 0.0186. The monoisotopic (exact) mass is 492 g/mol. The van der Waals surface area contributed by atoms with Crippen LogP contribution in [-0.4, -0.2) is 33.8 Å². The third kappa shape index (κ3) is 3.91. The molecule has 2 aromatic heterocycles. The molecule has 35 heavy (non-hydrogen) atoms. The number of aliphatic hydroxyl groups excluding tert-OH is 1. The second-order valence-corrected chi connectivity index (χ2v) is 8.38. The van der Waals surface area contributed by atoms with Gasteiger partial charge >= 0.3 is 0 Å². The van der Waals surface area contributed by atoms with Crippen molar-refractivity contribution in [2.24, 2.45) is 0 Å². The summed E-state index contributed by atoms with van der Waals surface area (Å²) < 4.78 is 26.0. The number of ether oxygens (including phenoxy) is 1. The minimum Gasteiger partial charge on any atom is -0.503 e. The molecule has 1 unspecified atom stereocenters. The number of amides is 1. The van der Waals surface area contributed by atoms with Gasteiger partial charge in [0.1, 0.15) is 5.82 Å². The van der Waals surface area contributed by atoms with Gasteiger partial charge in [0.25, 0.3) is 5.91 Å². The van der Waals surface area contributed by atoms with Crippen LogP contribution in [0.3, 0.4) is 0 Å². The fourth-order valence-corrected chi connectivity index (χ4v) is 4.45. The molecule has 0 radical (unpaired) electrons. The van der Waals surface area contributed by atoms with E-state index in [9.17, 15) is 19.1 Å². The molecule has 1 N–H and O–H groups in total. The van der Waals surface area contributed by atoms with Crippen molar-refractivity contribution >= 4 is 34.3 Å². The molecule has 0 bridgehead atoms. The van der Waals surface area contributed by atoms with E-state index in [0.717, 1.165) is 0 Å². The van der Waals surface area contributed by atoms with Gasteiger partial charge in [-0.05, 0) is 35.9 Å². The van der Waals surface area contributed by atoms with E-state index in [1.54, 1.807) is 36.7 Å². The summed E-state index contributed by atoms with van der Waals surface area (Å²) in [5.41, 5.74) is 0.761. The second-order valence-electron chi connectivity index (χ2n) is 7.94. The fraction of sp³-hybridized carbons (Fsp3) is 0.115. The number of benzene rings is 2. The Morgan fingerprint density at radius 1 is 1.20 bits per heavy atom. The van der Waals surface area contributed by atoms with Gasteiger partial charge in [0, 0.05) is 41.0 Å². The Bertz CT molecular complexity index is 1500. The van der Waals surface area contributed by atoms with Crippen molar-refractivity contribution in [2.75, 3.05) is 7.11 Å². The maximum atomic E-state index is 14.9. The predicted octanol–water partition coefficient (Wildman–Crippen LogP) is 5.41. The van der Waals surface area contributed by atoms with Crippen LogP contribution in [0.25, 0.3) is 11.0 Å². The highest BCUT2D eigenvalue weighted by atomic mass is 35.5. The van der Waals surface area contributed by atoms with E-state index >= 15 is 0 Å². The average molecular weight is 493 g/mol. The fourth-order valence-electron chi connectivity index (χ4n) is 4.24. The van der Waals surface area contributed by atoms with Gasteiger partial charge in [-0.3, -0.25) is 14.6 Å². The number of aliphatic hydroxyl groups is 1. The van der Waals surface area contributed by atoms with Crippen molar-refractivity contribution in [3.8, 4) is 5.75 Å². The van der Waals surface area contributed by atoms with E-state index in [4.69, 9.17) is 20.8 Å². The molecule has 0 fully saturated rings. The van der Waals surface area contributed by atoms with E-state index in [-0.39, 0.29) is 29.0 Å². The molecule has 0 saturated heterocycles. The van der Waals surface area contributed by atoms with Crippen molar-refractivity contribution in [3.63, 3.8) is 0 Å². The van der Waals surface area contributed by atoms with Crippen LogP contribution >= 0.6 is 11.6 Å². The molecule has 1 aliphatic heterocycles. The third-order valence-corrected chi connectivity index (χ3v) is 6.06. The average Bonchev–Trinajstić information content (AvgIpc) is 3.39. The molecule has 0 saturated carbocycles. The summed E-state index contributed by atoms with van der Waals surface area (Å²) in [6.07, 6.45) is 3.11. The lowest BCUT2D eigenvalue weighted by atomic mass is 9.94. The molecule has 9 heteroatoms. The van der Waals surface area contributed by atoms with Gasteiger partial charge in [0.2, 0.25) is 5.78 Å². The van der Waals surface area contributed by atoms with E-state index in [2.05, 4.69) is 4.98 Å². The highest BCUT2D eigenvalue weighted by Crippen LogP contribution is 2.42. The van der Waals surface area contributed by atoms with Crippen LogP contribution in [0.15, 0.2) is 82.7 Å². The molecule has 1 atom stereocenters. The van der Waals surface area contributed by atoms with E-state index in [1.807, 2.05) is 0 Å². The third-order valence-electron chi connectivity index (χ3n) is 5.84. The summed E-state index contributed by atoms with van der Waals surface area (Å²) in [5.74, 6) is -2.77. The Hall–Kier alpha value is -4.17. The van der Waals surface area contributed by atoms with Crippen LogP contribution in [0, 0.1) is 5.82 Å². The Balaban J connectivity index is 1.63. The first kappa shape index (κ1) is 22.6. The SMILES string of the molecule is COc1cc(Cl)cc2cc(C(=O)C3=C(O)C(=O)N(Cc4ccncc4)C3c3ccccc3F)oc12. The second kappa shape index (κ2) is 8.88. The normalized spacial score (nSPS) is 15.8. The highest BCUT2D eigenvalue weighted by molar-refractivity contribution is 6.31. The Labute approximate surface area is 204 Å². The molecule has 4 aromatic rings. The van der Waals surface area contributed by atoms with Crippen molar-refractivity contribution in [1.29, 1.82) is 0 Å². The Morgan fingerprint density at radius 3 is 2.66 bits per heavy atom. The molecule has 1 aliphatic rings. The molecule has 1 amide bonds. The number of methoxy groups -OCH3 is 1. The van der Waals surface area contributed by atoms with E-state index < -0.39 is 29.3 Å². The van der Waals surface area contributed by atoms with Crippen LogP contribution in [-0.2, 0) is 11.3 Å². The number of aromatic nitrogens is 1. The van der Waals surface area contributed by atoms with Gasteiger partial charge in [-0.25, -0.2) is 4.39 Å². The number of fused-ring (bicyclic) bond motifs is 1. The van der Waals surface area contributed by atoms with Crippen molar-refractivity contribution in [1.82, 2.24) is 9.88 Å². The first-order valence-electron chi connectivity index (χ1n) is 10.6. The first-order valence-corrected chi connectivity index (χ1v) is 11.0. The molecule has 0 spiro atoms. The number of carbonyl (C=O) groups excluding carboxylic acids is 2. The first-order chi connectivity index (χ1) is 16.9. The predicted molar refractivity (Wildman–Crippen MR) is 126 cm³/mol. The zero-order chi connectivity index (χ0) is 24.7. The number of Topliss-reactive ketones (excluding diaryl/α,β-unsaturated/α-hetero) is 1. The number of hydrogen-bond donors (Lipinski definition) is 1. The molecule has 0 aliphatic carbocycles. The number of pyridine rings is 1.